The number of fused-ring (bicyclic) bond motifs is 1. The third-order valence-electron chi connectivity index (χ3n) is 4.72. The maximum Gasteiger partial charge on any atom is 0.322 e. The van der Waals surface area contributed by atoms with E-state index in [4.69, 9.17) is 9.47 Å². The van der Waals surface area contributed by atoms with Gasteiger partial charge in [-0.2, -0.15) is 0 Å². The average molecular weight is 427 g/mol. The van der Waals surface area contributed by atoms with E-state index in [0.717, 1.165) is 5.56 Å². The number of esters is 1. The first-order valence-corrected chi connectivity index (χ1v) is 9.89. The van der Waals surface area contributed by atoms with Crippen molar-refractivity contribution in [1.82, 2.24) is 10.2 Å². The molecule has 3 rings (SSSR count). The largest absolute Gasteiger partial charge is 0.469 e. The molecule has 3 amide bonds. The monoisotopic (exact) mass is 427 g/mol. The fourth-order valence-electron chi connectivity index (χ4n) is 2.98. The molecule has 0 atom stereocenters. The third-order valence-corrected chi connectivity index (χ3v) is 4.72. The zero-order valence-electron chi connectivity index (χ0n) is 17.5. The lowest BCUT2D eigenvalue weighted by Crippen LogP contribution is -2.34. The Morgan fingerprint density at radius 3 is 2.52 bits per heavy atom. The molecule has 0 radical (unpaired) electrons. The Balaban J connectivity index is 1.53. The Morgan fingerprint density at radius 1 is 1.06 bits per heavy atom. The molecule has 0 aliphatic carbocycles. The second-order valence-electron chi connectivity index (χ2n) is 6.79. The minimum atomic E-state index is -0.389. The van der Waals surface area contributed by atoms with Gasteiger partial charge in [-0.3, -0.25) is 9.59 Å². The first kappa shape index (κ1) is 21.9. The van der Waals surface area contributed by atoms with Gasteiger partial charge in [0.15, 0.2) is 11.5 Å². The van der Waals surface area contributed by atoms with Gasteiger partial charge in [-0.1, -0.05) is 6.07 Å². The zero-order valence-corrected chi connectivity index (χ0v) is 17.5. The first-order chi connectivity index (χ1) is 15.0. The van der Waals surface area contributed by atoms with Crippen LogP contribution in [0, 0.1) is 0 Å². The molecular formula is C22H25N3O6. The second-order valence-corrected chi connectivity index (χ2v) is 6.79. The maximum absolute atomic E-state index is 12.7. The Morgan fingerprint density at radius 2 is 1.81 bits per heavy atom. The third kappa shape index (κ3) is 5.88. The zero-order chi connectivity index (χ0) is 22.2. The standard InChI is InChI=1S/C22H25N3O6/c1-3-25(13-15-4-9-18-19(12-15)31-14-30-18)22(28)24-17-7-5-16(6-8-17)21(27)23-11-10-20(26)29-2/h4-9,12H,3,10-11,13-14H2,1-2H3,(H,23,27)(H,24,28). The van der Waals surface area contributed by atoms with Crippen LogP contribution in [0.25, 0.3) is 0 Å². The lowest BCUT2D eigenvalue weighted by atomic mass is 10.2. The van der Waals surface area contributed by atoms with Crippen molar-refractivity contribution < 1.29 is 28.6 Å². The van der Waals surface area contributed by atoms with E-state index in [2.05, 4.69) is 15.4 Å². The second kappa shape index (κ2) is 10.3. The summed E-state index contributed by atoms with van der Waals surface area (Å²) >= 11 is 0. The lowest BCUT2D eigenvalue weighted by molar-refractivity contribution is -0.140. The van der Waals surface area contributed by atoms with Crippen molar-refractivity contribution in [1.29, 1.82) is 0 Å². The molecular weight excluding hydrogens is 402 g/mol. The molecule has 2 aromatic carbocycles. The van der Waals surface area contributed by atoms with Crippen molar-refractivity contribution in [3.05, 3.63) is 53.6 Å². The van der Waals surface area contributed by atoms with Gasteiger partial charge in [0.25, 0.3) is 5.91 Å². The van der Waals surface area contributed by atoms with Gasteiger partial charge in [0.2, 0.25) is 6.79 Å². The van der Waals surface area contributed by atoms with Gasteiger partial charge in [0.05, 0.1) is 13.5 Å². The molecule has 0 spiro atoms. The molecule has 9 heteroatoms. The molecule has 0 aromatic heterocycles. The van der Waals surface area contributed by atoms with Crippen molar-refractivity contribution in [3.8, 4) is 11.5 Å². The molecule has 31 heavy (non-hydrogen) atoms. The van der Waals surface area contributed by atoms with Gasteiger partial charge in [-0.15, -0.1) is 0 Å². The summed E-state index contributed by atoms with van der Waals surface area (Å²) in [5.41, 5.74) is 1.93. The molecule has 0 unspecified atom stereocenters. The number of methoxy groups -OCH3 is 1. The number of hydrogen-bond acceptors (Lipinski definition) is 6. The first-order valence-electron chi connectivity index (χ1n) is 9.89. The van der Waals surface area contributed by atoms with Gasteiger partial charge in [-0.05, 0) is 48.9 Å². The molecule has 164 valence electrons. The normalized spacial score (nSPS) is 11.5. The Kier molecular flexibility index (Phi) is 7.31. The van der Waals surface area contributed by atoms with E-state index >= 15 is 0 Å². The van der Waals surface area contributed by atoms with E-state index < -0.39 is 0 Å². The van der Waals surface area contributed by atoms with Crippen LogP contribution in [-0.4, -0.2) is 49.8 Å². The van der Waals surface area contributed by atoms with Gasteiger partial charge < -0.3 is 29.7 Å². The number of rotatable bonds is 8. The summed E-state index contributed by atoms with van der Waals surface area (Å²) in [4.78, 5) is 37.5. The molecule has 1 aliphatic heterocycles. The highest BCUT2D eigenvalue weighted by molar-refractivity contribution is 5.95. The summed E-state index contributed by atoms with van der Waals surface area (Å²) < 4.78 is 15.2. The van der Waals surface area contributed by atoms with Gasteiger partial charge in [-0.25, -0.2) is 4.79 Å². The Labute approximate surface area is 180 Å². The van der Waals surface area contributed by atoms with Crippen molar-refractivity contribution in [2.45, 2.75) is 19.9 Å². The molecule has 1 aliphatic rings. The van der Waals surface area contributed by atoms with Crippen molar-refractivity contribution in [3.63, 3.8) is 0 Å². The number of benzene rings is 2. The molecule has 0 saturated carbocycles. The summed E-state index contributed by atoms with van der Waals surface area (Å²) in [5.74, 6) is 0.680. The van der Waals surface area contributed by atoms with Crippen LogP contribution in [0.2, 0.25) is 0 Å². The molecule has 2 N–H and O–H groups in total. The van der Waals surface area contributed by atoms with Crippen LogP contribution in [0.3, 0.4) is 0 Å². The van der Waals surface area contributed by atoms with Crippen LogP contribution in [0.4, 0.5) is 10.5 Å². The number of nitrogens with one attached hydrogen (secondary N) is 2. The van der Waals surface area contributed by atoms with Crippen LogP contribution >= 0.6 is 0 Å². The number of nitrogens with zero attached hydrogens (tertiary/aromatic N) is 1. The summed E-state index contributed by atoms with van der Waals surface area (Å²) in [5, 5.41) is 5.48. The summed E-state index contributed by atoms with van der Waals surface area (Å²) in [7, 11) is 1.30. The number of ether oxygens (including phenoxy) is 3. The van der Waals surface area contributed by atoms with Crippen molar-refractivity contribution in [2.75, 3.05) is 32.3 Å². The smallest absolute Gasteiger partial charge is 0.322 e. The number of carbonyl (C=O) groups is 3. The number of hydrogen-bond donors (Lipinski definition) is 2. The summed E-state index contributed by atoms with van der Waals surface area (Å²) in [6.07, 6.45) is 0.104. The maximum atomic E-state index is 12.7. The highest BCUT2D eigenvalue weighted by atomic mass is 16.7. The SMILES string of the molecule is CCN(Cc1ccc2c(c1)OCO2)C(=O)Nc1ccc(C(=O)NCCC(=O)OC)cc1. The molecule has 0 bridgehead atoms. The van der Waals surface area contributed by atoms with Gasteiger partial charge >= 0.3 is 12.0 Å². The van der Waals surface area contributed by atoms with Crippen LogP contribution in [-0.2, 0) is 16.1 Å². The topological polar surface area (TPSA) is 106 Å². The predicted octanol–water partition coefficient (Wildman–Crippen LogP) is 2.76. The predicted molar refractivity (Wildman–Crippen MR) is 113 cm³/mol. The summed E-state index contributed by atoms with van der Waals surface area (Å²) in [6, 6.07) is 11.9. The molecule has 1 heterocycles. The van der Waals surface area contributed by atoms with E-state index in [1.165, 1.54) is 7.11 Å². The van der Waals surface area contributed by atoms with Crippen LogP contribution in [0.15, 0.2) is 42.5 Å². The molecule has 2 aromatic rings. The quantitative estimate of drug-likeness (QED) is 0.628. The number of anilines is 1. The van der Waals surface area contributed by atoms with Gasteiger partial charge in [0.1, 0.15) is 0 Å². The molecule has 0 saturated heterocycles. The van der Waals surface area contributed by atoms with E-state index in [-0.39, 0.29) is 37.7 Å². The fraction of sp³-hybridized carbons (Fsp3) is 0.318. The lowest BCUT2D eigenvalue weighted by Gasteiger charge is -2.21. The highest BCUT2D eigenvalue weighted by Crippen LogP contribution is 2.32. The van der Waals surface area contributed by atoms with E-state index in [1.807, 2.05) is 25.1 Å². The number of carbonyl (C=O) groups excluding carboxylic acids is 3. The minimum Gasteiger partial charge on any atom is -0.469 e. The van der Waals surface area contributed by atoms with E-state index in [9.17, 15) is 14.4 Å². The van der Waals surface area contributed by atoms with Gasteiger partial charge in [0, 0.05) is 30.9 Å². The van der Waals surface area contributed by atoms with Crippen LogP contribution in [0.1, 0.15) is 29.3 Å². The van der Waals surface area contributed by atoms with Crippen molar-refractivity contribution >= 4 is 23.6 Å². The number of urea groups is 1. The van der Waals surface area contributed by atoms with Crippen molar-refractivity contribution in [2.24, 2.45) is 0 Å². The Bertz CT molecular complexity index is 945. The van der Waals surface area contributed by atoms with Crippen LogP contribution < -0.4 is 20.1 Å². The average Bonchev–Trinajstić information content (AvgIpc) is 3.25. The molecule has 0 fully saturated rings. The Hall–Kier alpha value is -3.75. The van der Waals surface area contributed by atoms with E-state index in [0.29, 0.717) is 35.8 Å². The van der Waals surface area contributed by atoms with E-state index in [1.54, 1.807) is 29.2 Å². The minimum absolute atomic E-state index is 0.104. The fourth-order valence-corrected chi connectivity index (χ4v) is 2.98. The van der Waals surface area contributed by atoms with Crippen LogP contribution in [0.5, 0.6) is 11.5 Å². The summed E-state index contributed by atoms with van der Waals surface area (Å²) in [6.45, 7) is 3.22. The number of amides is 3. The molecule has 9 nitrogen and oxygen atoms in total. The highest BCUT2D eigenvalue weighted by Gasteiger charge is 2.17.